The van der Waals surface area contributed by atoms with E-state index < -0.39 is 6.10 Å². The van der Waals surface area contributed by atoms with Gasteiger partial charge in [0.25, 0.3) is 0 Å². The average Bonchev–Trinajstić information content (AvgIpc) is 2.77. The topological polar surface area (TPSA) is 47.3 Å². The monoisotopic (exact) mass is 278 g/mol. The van der Waals surface area contributed by atoms with Crippen molar-refractivity contribution in [3.63, 3.8) is 0 Å². The van der Waals surface area contributed by atoms with Gasteiger partial charge in [-0.1, -0.05) is 17.7 Å². The molecule has 1 unspecified atom stereocenters. The molecule has 0 amide bonds. The molecule has 5 heteroatoms. The Hall–Kier alpha value is -1.46. The van der Waals surface area contributed by atoms with E-state index in [1.807, 2.05) is 12.1 Å². The van der Waals surface area contributed by atoms with Gasteiger partial charge in [-0.25, -0.2) is 0 Å². The normalized spacial score (nSPS) is 12.4. The Morgan fingerprint density at radius 3 is 2.95 bits per heavy atom. The molecule has 1 atom stereocenters. The van der Waals surface area contributed by atoms with Crippen LogP contribution in [0.5, 0.6) is 5.75 Å². The maximum atomic E-state index is 10.3. The van der Waals surface area contributed by atoms with E-state index in [1.165, 1.54) is 5.56 Å². The second-order valence-corrected chi connectivity index (χ2v) is 5.46. The van der Waals surface area contributed by atoms with Crippen LogP contribution < -0.4 is 4.74 Å². The second-order valence-electron chi connectivity index (χ2n) is 4.37. The molecule has 0 spiro atoms. The lowest BCUT2D eigenvalue weighted by molar-refractivity contribution is 0.188. The van der Waals surface area contributed by atoms with Crippen molar-refractivity contribution in [2.45, 2.75) is 17.9 Å². The molecule has 0 aliphatic carbocycles. The minimum atomic E-state index is -0.604. The molecule has 1 aromatic heterocycles. The lowest BCUT2D eigenvalue weighted by Gasteiger charge is -2.12. The van der Waals surface area contributed by atoms with Crippen LogP contribution in [-0.2, 0) is 7.05 Å². The third-order valence-electron chi connectivity index (χ3n) is 2.88. The van der Waals surface area contributed by atoms with Crippen molar-refractivity contribution in [1.29, 1.82) is 0 Å². The average molecular weight is 278 g/mol. The van der Waals surface area contributed by atoms with Crippen LogP contribution in [0.1, 0.15) is 17.4 Å². The lowest BCUT2D eigenvalue weighted by atomic mass is 10.2. The highest BCUT2D eigenvalue weighted by molar-refractivity contribution is 7.99. The van der Waals surface area contributed by atoms with E-state index in [2.05, 4.69) is 24.2 Å². The standard InChI is InChI=1S/C14H18N2O2S/c1-10-5-4-6-11(7-10)19-9-12(17)14-13(18-3)8-15-16(14)2/h4-8,12,17H,9H2,1-3H3. The predicted octanol–water partition coefficient (Wildman–Crippen LogP) is 2.56. The highest BCUT2D eigenvalue weighted by atomic mass is 32.2. The zero-order valence-corrected chi connectivity index (χ0v) is 12.1. The second kappa shape index (κ2) is 6.12. The number of aliphatic hydroxyl groups excluding tert-OH is 1. The molecule has 0 fully saturated rings. The quantitative estimate of drug-likeness (QED) is 0.854. The number of thioether (sulfide) groups is 1. The van der Waals surface area contributed by atoms with Crippen molar-refractivity contribution < 1.29 is 9.84 Å². The van der Waals surface area contributed by atoms with E-state index in [0.717, 1.165) is 4.90 Å². The van der Waals surface area contributed by atoms with E-state index in [9.17, 15) is 5.11 Å². The van der Waals surface area contributed by atoms with Gasteiger partial charge >= 0.3 is 0 Å². The number of methoxy groups -OCH3 is 1. The number of aryl methyl sites for hydroxylation is 2. The predicted molar refractivity (Wildman–Crippen MR) is 76.6 cm³/mol. The van der Waals surface area contributed by atoms with Gasteiger partial charge in [0.15, 0.2) is 5.75 Å². The molecule has 0 bridgehead atoms. The van der Waals surface area contributed by atoms with Gasteiger partial charge < -0.3 is 9.84 Å². The molecule has 19 heavy (non-hydrogen) atoms. The lowest BCUT2D eigenvalue weighted by Crippen LogP contribution is -2.08. The molecule has 0 saturated carbocycles. The summed E-state index contributed by atoms with van der Waals surface area (Å²) in [5.41, 5.74) is 1.93. The first-order chi connectivity index (χ1) is 9.11. The highest BCUT2D eigenvalue weighted by Gasteiger charge is 2.18. The van der Waals surface area contributed by atoms with Crippen molar-refractivity contribution in [3.8, 4) is 5.75 Å². The van der Waals surface area contributed by atoms with Crippen molar-refractivity contribution in [1.82, 2.24) is 9.78 Å². The summed E-state index contributed by atoms with van der Waals surface area (Å²) in [5.74, 6) is 1.19. The van der Waals surface area contributed by atoms with Gasteiger partial charge in [-0.15, -0.1) is 11.8 Å². The minimum Gasteiger partial charge on any atom is -0.493 e. The molecular formula is C14H18N2O2S. The smallest absolute Gasteiger partial charge is 0.162 e. The summed E-state index contributed by atoms with van der Waals surface area (Å²) in [5, 5.41) is 14.4. The first kappa shape index (κ1) is 14.0. The molecule has 102 valence electrons. The summed E-state index contributed by atoms with van der Waals surface area (Å²) in [7, 11) is 3.39. The van der Waals surface area contributed by atoms with Crippen molar-refractivity contribution in [2.75, 3.05) is 12.9 Å². The number of nitrogens with zero attached hydrogens (tertiary/aromatic N) is 2. The van der Waals surface area contributed by atoms with Gasteiger partial charge in [-0.2, -0.15) is 5.10 Å². The van der Waals surface area contributed by atoms with Crippen LogP contribution in [0.15, 0.2) is 35.4 Å². The summed E-state index contributed by atoms with van der Waals surface area (Å²) >= 11 is 1.62. The largest absolute Gasteiger partial charge is 0.493 e. The first-order valence-corrected chi connectivity index (χ1v) is 7.03. The molecule has 1 N–H and O–H groups in total. The Kier molecular flexibility index (Phi) is 4.50. The van der Waals surface area contributed by atoms with Crippen LogP contribution >= 0.6 is 11.8 Å². The van der Waals surface area contributed by atoms with Gasteiger partial charge in [0.2, 0.25) is 0 Å². The number of hydrogen-bond acceptors (Lipinski definition) is 4. The Morgan fingerprint density at radius 1 is 1.47 bits per heavy atom. The fourth-order valence-corrected chi connectivity index (χ4v) is 2.88. The van der Waals surface area contributed by atoms with Crippen molar-refractivity contribution >= 4 is 11.8 Å². The Labute approximate surface area is 117 Å². The summed E-state index contributed by atoms with van der Waals surface area (Å²) in [6.07, 6.45) is 1.02. The van der Waals surface area contributed by atoms with E-state index in [1.54, 1.807) is 36.8 Å². The van der Waals surface area contributed by atoms with Crippen LogP contribution in [0, 0.1) is 6.92 Å². The Balaban J connectivity index is 2.05. The van der Waals surface area contributed by atoms with Crippen LogP contribution in [0.25, 0.3) is 0 Å². The van der Waals surface area contributed by atoms with Gasteiger partial charge in [0.1, 0.15) is 11.8 Å². The van der Waals surface area contributed by atoms with Crippen molar-refractivity contribution in [2.24, 2.45) is 7.05 Å². The number of aliphatic hydroxyl groups is 1. The molecule has 0 saturated heterocycles. The molecular weight excluding hydrogens is 260 g/mol. The molecule has 2 aromatic rings. The van der Waals surface area contributed by atoms with Crippen LogP contribution in [0.4, 0.5) is 0 Å². The third kappa shape index (κ3) is 3.30. The van der Waals surface area contributed by atoms with Gasteiger partial charge in [0, 0.05) is 17.7 Å². The molecule has 1 heterocycles. The number of benzene rings is 1. The van der Waals surface area contributed by atoms with E-state index in [0.29, 0.717) is 17.2 Å². The summed E-state index contributed by atoms with van der Waals surface area (Å²) in [4.78, 5) is 1.15. The summed E-state index contributed by atoms with van der Waals surface area (Å²) in [6, 6.07) is 8.24. The first-order valence-electron chi connectivity index (χ1n) is 6.05. The Bertz CT molecular complexity index is 554. The number of aromatic nitrogens is 2. The third-order valence-corrected chi connectivity index (χ3v) is 3.95. The fraction of sp³-hybridized carbons (Fsp3) is 0.357. The molecule has 0 radical (unpaired) electrons. The molecule has 0 aliphatic heterocycles. The zero-order valence-electron chi connectivity index (χ0n) is 11.3. The van der Waals surface area contributed by atoms with E-state index in [4.69, 9.17) is 4.74 Å². The number of ether oxygens (including phenoxy) is 1. The summed E-state index contributed by atoms with van der Waals surface area (Å²) < 4.78 is 6.86. The van der Waals surface area contributed by atoms with Crippen LogP contribution in [-0.4, -0.2) is 27.7 Å². The molecule has 2 rings (SSSR count). The van der Waals surface area contributed by atoms with Gasteiger partial charge in [-0.05, 0) is 19.1 Å². The highest BCUT2D eigenvalue weighted by Crippen LogP contribution is 2.29. The maximum Gasteiger partial charge on any atom is 0.162 e. The molecule has 1 aromatic carbocycles. The van der Waals surface area contributed by atoms with E-state index in [-0.39, 0.29) is 0 Å². The molecule has 0 aliphatic rings. The fourth-order valence-electron chi connectivity index (χ4n) is 1.92. The molecule has 4 nitrogen and oxygen atoms in total. The SMILES string of the molecule is COc1cnn(C)c1C(O)CSc1cccc(C)c1. The number of hydrogen-bond donors (Lipinski definition) is 1. The summed E-state index contributed by atoms with van der Waals surface area (Å²) in [6.45, 7) is 2.06. The van der Waals surface area contributed by atoms with Crippen LogP contribution in [0.2, 0.25) is 0 Å². The maximum absolute atomic E-state index is 10.3. The van der Waals surface area contributed by atoms with Crippen molar-refractivity contribution in [3.05, 3.63) is 41.7 Å². The minimum absolute atomic E-state index is 0.569. The van der Waals surface area contributed by atoms with Gasteiger partial charge in [0.05, 0.1) is 13.3 Å². The van der Waals surface area contributed by atoms with Gasteiger partial charge in [-0.3, -0.25) is 4.68 Å². The van der Waals surface area contributed by atoms with Crippen LogP contribution in [0.3, 0.4) is 0 Å². The number of rotatable bonds is 5. The van der Waals surface area contributed by atoms with E-state index >= 15 is 0 Å². The Morgan fingerprint density at radius 2 is 2.26 bits per heavy atom. The zero-order chi connectivity index (χ0) is 13.8.